The molecular formula is C11H11Cl2NO. The maximum Gasteiger partial charge on any atom is 0.135 e. The normalized spacial score (nSPS) is 11.6. The van der Waals surface area contributed by atoms with E-state index < -0.39 is 0 Å². The first-order valence-corrected chi connectivity index (χ1v) is 5.23. The molecule has 0 amide bonds. The van der Waals surface area contributed by atoms with Crippen LogP contribution < -0.4 is 0 Å². The Hall–Kier alpha value is -0.860. The van der Waals surface area contributed by atoms with Crippen molar-refractivity contribution in [1.82, 2.24) is 0 Å². The average molecular weight is 244 g/mol. The molecule has 2 nitrogen and oxygen atoms in total. The third-order valence-corrected chi connectivity index (χ3v) is 2.47. The highest BCUT2D eigenvalue weighted by Gasteiger charge is 2.00. The summed E-state index contributed by atoms with van der Waals surface area (Å²) in [6, 6.07) is 5.12. The van der Waals surface area contributed by atoms with Crippen molar-refractivity contribution in [2.45, 2.75) is 20.3 Å². The minimum absolute atomic E-state index is 0.0938. The second kappa shape index (κ2) is 5.29. The van der Waals surface area contributed by atoms with Gasteiger partial charge >= 0.3 is 0 Å². The summed E-state index contributed by atoms with van der Waals surface area (Å²) in [6.07, 6.45) is 0.361. The quantitative estimate of drug-likeness (QED) is 0.737. The average Bonchev–Trinajstić information content (AvgIpc) is 2.10. The fourth-order valence-corrected chi connectivity index (χ4v) is 1.47. The van der Waals surface area contributed by atoms with Gasteiger partial charge in [-0.1, -0.05) is 23.2 Å². The first-order chi connectivity index (χ1) is 6.99. The summed E-state index contributed by atoms with van der Waals surface area (Å²) in [7, 11) is 0. The topological polar surface area (TPSA) is 29.4 Å². The van der Waals surface area contributed by atoms with Crippen molar-refractivity contribution >= 4 is 40.4 Å². The van der Waals surface area contributed by atoms with Gasteiger partial charge in [-0.05, 0) is 32.0 Å². The first kappa shape index (κ1) is 12.2. The molecule has 0 unspecified atom stereocenters. The number of hydrogen-bond acceptors (Lipinski definition) is 2. The van der Waals surface area contributed by atoms with Crippen molar-refractivity contribution < 1.29 is 4.79 Å². The fraction of sp³-hybridized carbons (Fsp3) is 0.273. The third kappa shape index (κ3) is 4.02. The molecule has 0 bridgehead atoms. The molecule has 4 heteroatoms. The maximum atomic E-state index is 10.8. The van der Waals surface area contributed by atoms with E-state index in [0.717, 1.165) is 5.71 Å². The Kier molecular flexibility index (Phi) is 4.30. The Bertz CT molecular complexity index is 413. The van der Waals surface area contributed by atoms with Gasteiger partial charge in [0.15, 0.2) is 0 Å². The highest BCUT2D eigenvalue weighted by molar-refractivity contribution is 6.42. The molecule has 0 atom stereocenters. The molecule has 0 aliphatic carbocycles. The van der Waals surface area contributed by atoms with Crippen LogP contribution in [0.3, 0.4) is 0 Å². The van der Waals surface area contributed by atoms with Crippen molar-refractivity contribution in [1.29, 1.82) is 0 Å². The predicted octanol–water partition coefficient (Wildman–Crippen LogP) is 4.06. The van der Waals surface area contributed by atoms with E-state index in [1.165, 1.54) is 6.92 Å². The monoisotopic (exact) mass is 243 g/mol. The van der Waals surface area contributed by atoms with Gasteiger partial charge in [-0.15, -0.1) is 0 Å². The van der Waals surface area contributed by atoms with Crippen LogP contribution in [-0.2, 0) is 4.79 Å². The van der Waals surface area contributed by atoms with Crippen molar-refractivity contribution in [2.75, 3.05) is 0 Å². The standard InChI is InChI=1S/C11H11Cl2NO/c1-7(5-8(2)15)14-9-3-4-10(12)11(13)6-9/h3-4,6H,5H2,1-2H3. The van der Waals surface area contributed by atoms with Crippen LogP contribution in [0.4, 0.5) is 5.69 Å². The van der Waals surface area contributed by atoms with Gasteiger partial charge in [0.1, 0.15) is 5.78 Å². The predicted molar refractivity (Wildman–Crippen MR) is 64.5 cm³/mol. The van der Waals surface area contributed by atoms with Crippen LogP contribution in [0.25, 0.3) is 0 Å². The Balaban J connectivity index is 2.88. The van der Waals surface area contributed by atoms with Crippen molar-refractivity contribution in [3.05, 3.63) is 28.2 Å². The second-order valence-electron chi connectivity index (χ2n) is 3.32. The largest absolute Gasteiger partial charge is 0.300 e. The number of rotatable bonds is 3. The summed E-state index contributed by atoms with van der Waals surface area (Å²) >= 11 is 11.6. The van der Waals surface area contributed by atoms with Crippen LogP contribution in [0.2, 0.25) is 10.0 Å². The van der Waals surface area contributed by atoms with E-state index >= 15 is 0 Å². The van der Waals surface area contributed by atoms with Gasteiger partial charge in [-0.25, -0.2) is 0 Å². The zero-order valence-corrected chi connectivity index (χ0v) is 10.1. The third-order valence-electron chi connectivity index (χ3n) is 1.73. The van der Waals surface area contributed by atoms with Gasteiger partial charge in [0.05, 0.1) is 15.7 Å². The van der Waals surface area contributed by atoms with E-state index in [2.05, 4.69) is 4.99 Å². The molecule has 0 aliphatic rings. The van der Waals surface area contributed by atoms with E-state index in [9.17, 15) is 4.79 Å². The van der Waals surface area contributed by atoms with Crippen LogP contribution in [0, 0.1) is 0 Å². The van der Waals surface area contributed by atoms with E-state index in [4.69, 9.17) is 23.2 Å². The number of benzene rings is 1. The number of hydrogen-bond donors (Lipinski definition) is 0. The van der Waals surface area contributed by atoms with Crippen LogP contribution in [0.1, 0.15) is 20.3 Å². The molecule has 0 aliphatic heterocycles. The number of Topliss-reactive ketones (excluding diaryl/α,β-unsaturated/α-hetero) is 1. The van der Waals surface area contributed by atoms with Crippen molar-refractivity contribution in [3.63, 3.8) is 0 Å². The number of carbonyl (C=O) groups is 1. The van der Waals surface area contributed by atoms with E-state index in [-0.39, 0.29) is 5.78 Å². The molecule has 1 aromatic carbocycles. The summed E-state index contributed by atoms with van der Waals surface area (Å²) in [5.41, 5.74) is 1.48. The smallest absolute Gasteiger partial charge is 0.135 e. The molecule has 0 heterocycles. The van der Waals surface area contributed by atoms with Crippen molar-refractivity contribution in [2.24, 2.45) is 4.99 Å². The summed E-state index contributed by atoms with van der Waals surface area (Å²) in [5, 5.41) is 0.966. The molecule has 0 saturated heterocycles. The molecule has 15 heavy (non-hydrogen) atoms. The van der Waals surface area contributed by atoms with Gasteiger partial charge in [-0.3, -0.25) is 9.79 Å². The lowest BCUT2D eigenvalue weighted by atomic mass is 10.2. The highest BCUT2D eigenvalue weighted by Crippen LogP contribution is 2.26. The van der Waals surface area contributed by atoms with Gasteiger partial charge in [0.2, 0.25) is 0 Å². The zero-order chi connectivity index (χ0) is 11.4. The van der Waals surface area contributed by atoms with E-state index in [1.54, 1.807) is 18.2 Å². The summed E-state index contributed by atoms with van der Waals surface area (Å²) in [5.74, 6) is 0.0938. The first-order valence-electron chi connectivity index (χ1n) is 4.47. The molecule has 1 rings (SSSR count). The molecule has 0 N–H and O–H groups in total. The Morgan fingerprint density at radius 3 is 2.47 bits per heavy atom. The van der Waals surface area contributed by atoms with Crippen LogP contribution in [0.5, 0.6) is 0 Å². The lowest BCUT2D eigenvalue weighted by Gasteiger charge is -2.00. The second-order valence-corrected chi connectivity index (χ2v) is 4.14. The maximum absolute atomic E-state index is 10.8. The van der Waals surface area contributed by atoms with E-state index in [1.807, 2.05) is 6.92 Å². The number of aliphatic imine (C=N–C) groups is 1. The Morgan fingerprint density at radius 1 is 1.27 bits per heavy atom. The molecule has 0 fully saturated rings. The van der Waals surface area contributed by atoms with E-state index in [0.29, 0.717) is 22.2 Å². The molecule has 0 saturated carbocycles. The highest BCUT2D eigenvalue weighted by atomic mass is 35.5. The fourth-order valence-electron chi connectivity index (χ4n) is 1.17. The molecular weight excluding hydrogens is 233 g/mol. The summed E-state index contributed by atoms with van der Waals surface area (Å²) in [4.78, 5) is 15.1. The zero-order valence-electron chi connectivity index (χ0n) is 8.55. The number of ketones is 1. The van der Waals surface area contributed by atoms with Gasteiger partial charge in [0.25, 0.3) is 0 Å². The lowest BCUT2D eigenvalue weighted by Crippen LogP contribution is -1.98. The van der Waals surface area contributed by atoms with Gasteiger partial charge in [-0.2, -0.15) is 0 Å². The van der Waals surface area contributed by atoms with Crippen LogP contribution in [-0.4, -0.2) is 11.5 Å². The molecule has 1 aromatic rings. The molecule has 0 spiro atoms. The van der Waals surface area contributed by atoms with Crippen LogP contribution >= 0.6 is 23.2 Å². The van der Waals surface area contributed by atoms with Crippen LogP contribution in [0.15, 0.2) is 23.2 Å². The van der Waals surface area contributed by atoms with Gasteiger partial charge in [0, 0.05) is 12.1 Å². The summed E-state index contributed by atoms with van der Waals surface area (Å²) in [6.45, 7) is 3.35. The molecule has 0 aromatic heterocycles. The Morgan fingerprint density at radius 2 is 1.93 bits per heavy atom. The number of nitrogens with zero attached hydrogens (tertiary/aromatic N) is 1. The minimum Gasteiger partial charge on any atom is -0.300 e. The number of carbonyl (C=O) groups excluding carboxylic acids is 1. The number of halogens is 2. The SMILES string of the molecule is CC(=O)CC(C)=Nc1ccc(Cl)c(Cl)c1. The lowest BCUT2D eigenvalue weighted by molar-refractivity contribution is -0.115. The summed E-state index contributed by atoms with van der Waals surface area (Å²) < 4.78 is 0. The Labute approximate surface area is 98.9 Å². The minimum atomic E-state index is 0.0938. The van der Waals surface area contributed by atoms with Crippen molar-refractivity contribution in [3.8, 4) is 0 Å². The molecule has 0 radical (unpaired) electrons. The molecule has 80 valence electrons. The van der Waals surface area contributed by atoms with Gasteiger partial charge < -0.3 is 0 Å².